The molecule has 0 spiro atoms. The third-order valence-electron chi connectivity index (χ3n) is 3.66. The molecule has 1 aliphatic heterocycles. The van der Waals surface area contributed by atoms with Crippen LogP contribution in [0.4, 0.5) is 4.39 Å². The summed E-state index contributed by atoms with van der Waals surface area (Å²) >= 11 is 0. The zero-order valence-electron chi connectivity index (χ0n) is 12.2. The predicted molar refractivity (Wildman–Crippen MR) is 80.8 cm³/mol. The summed E-state index contributed by atoms with van der Waals surface area (Å²) in [5.41, 5.74) is 0. The van der Waals surface area contributed by atoms with Crippen molar-refractivity contribution in [1.82, 2.24) is 9.03 Å². The summed E-state index contributed by atoms with van der Waals surface area (Å²) in [6.07, 6.45) is 0.833. The van der Waals surface area contributed by atoms with Gasteiger partial charge in [0.05, 0.1) is 10.6 Å². The molecule has 6 nitrogen and oxygen atoms in total. The van der Waals surface area contributed by atoms with Crippen molar-refractivity contribution in [3.8, 4) is 0 Å². The van der Waals surface area contributed by atoms with E-state index in [2.05, 4.69) is 4.72 Å². The molecule has 2 rings (SSSR count). The molecule has 0 radical (unpaired) electrons. The molecule has 1 heterocycles. The van der Waals surface area contributed by atoms with Crippen molar-refractivity contribution in [3.63, 3.8) is 0 Å². The molecule has 0 saturated carbocycles. The Morgan fingerprint density at radius 1 is 1.14 bits per heavy atom. The lowest BCUT2D eigenvalue weighted by Crippen LogP contribution is -2.46. The smallest absolute Gasteiger partial charge is 0.212 e. The minimum absolute atomic E-state index is 0.00231. The van der Waals surface area contributed by atoms with E-state index in [1.54, 1.807) is 6.92 Å². The van der Waals surface area contributed by atoms with Gasteiger partial charge in [0.25, 0.3) is 0 Å². The van der Waals surface area contributed by atoms with Crippen molar-refractivity contribution in [2.24, 2.45) is 0 Å². The van der Waals surface area contributed by atoms with Gasteiger partial charge in [-0.1, -0.05) is 0 Å². The normalized spacial score (nSPS) is 18.5. The highest BCUT2D eigenvalue weighted by Crippen LogP contribution is 2.17. The summed E-state index contributed by atoms with van der Waals surface area (Å²) in [5.74, 6) is -0.462. The number of piperidine rings is 1. The van der Waals surface area contributed by atoms with Crippen LogP contribution < -0.4 is 4.72 Å². The first-order valence-electron chi connectivity index (χ1n) is 7.00. The Hall–Kier alpha value is -1.03. The van der Waals surface area contributed by atoms with E-state index in [0.29, 0.717) is 25.9 Å². The molecule has 0 atom stereocenters. The Balaban J connectivity index is 2.00. The number of nitrogens with one attached hydrogen (secondary N) is 1. The minimum atomic E-state index is -3.72. The van der Waals surface area contributed by atoms with Crippen LogP contribution in [0.1, 0.15) is 19.8 Å². The minimum Gasteiger partial charge on any atom is -0.212 e. The molecule has 124 valence electrons. The summed E-state index contributed by atoms with van der Waals surface area (Å²) < 4.78 is 64.6. The van der Waals surface area contributed by atoms with Crippen LogP contribution in [-0.4, -0.2) is 46.0 Å². The summed E-state index contributed by atoms with van der Waals surface area (Å²) in [6.45, 7) is 2.18. The van der Waals surface area contributed by atoms with Crippen LogP contribution in [0.3, 0.4) is 0 Å². The number of benzene rings is 1. The molecular weight excluding hydrogens is 331 g/mol. The first-order valence-corrected chi connectivity index (χ1v) is 10.1. The van der Waals surface area contributed by atoms with Crippen molar-refractivity contribution in [1.29, 1.82) is 0 Å². The van der Waals surface area contributed by atoms with E-state index in [0.717, 1.165) is 12.1 Å². The van der Waals surface area contributed by atoms with E-state index in [1.807, 2.05) is 0 Å². The molecule has 0 aromatic heterocycles. The predicted octanol–water partition coefficient (Wildman–Crippen LogP) is 0.918. The first kappa shape index (κ1) is 17.3. The van der Waals surface area contributed by atoms with Crippen LogP contribution in [0, 0.1) is 5.82 Å². The zero-order valence-corrected chi connectivity index (χ0v) is 13.8. The van der Waals surface area contributed by atoms with Gasteiger partial charge in [-0.15, -0.1) is 0 Å². The molecule has 0 bridgehead atoms. The SMILES string of the molecule is CCS(=O)(=O)N1CCC(NS(=O)(=O)c2ccc(F)cc2)CC1. The van der Waals surface area contributed by atoms with Crippen molar-refractivity contribution in [2.75, 3.05) is 18.8 Å². The molecule has 22 heavy (non-hydrogen) atoms. The maximum Gasteiger partial charge on any atom is 0.240 e. The van der Waals surface area contributed by atoms with Crippen molar-refractivity contribution in [3.05, 3.63) is 30.1 Å². The molecular formula is C13H19FN2O4S2. The summed E-state index contributed by atoms with van der Waals surface area (Å²) in [6, 6.07) is 4.26. The standard InChI is InChI=1S/C13H19FN2O4S2/c1-2-21(17,18)16-9-7-12(8-10-16)15-22(19,20)13-5-3-11(14)4-6-13/h3-6,12,15H,2,7-10H2,1H3. The molecule has 1 aliphatic rings. The highest BCUT2D eigenvalue weighted by atomic mass is 32.2. The molecule has 1 fully saturated rings. The van der Waals surface area contributed by atoms with Gasteiger partial charge in [0.1, 0.15) is 5.82 Å². The van der Waals surface area contributed by atoms with Gasteiger partial charge in [-0.3, -0.25) is 0 Å². The Labute approximate surface area is 130 Å². The second kappa shape index (κ2) is 6.61. The van der Waals surface area contributed by atoms with Crippen LogP contribution >= 0.6 is 0 Å². The van der Waals surface area contributed by atoms with Gasteiger partial charge >= 0.3 is 0 Å². The van der Waals surface area contributed by atoms with Crippen LogP contribution in [0.5, 0.6) is 0 Å². The Kier molecular flexibility index (Phi) is 5.21. The van der Waals surface area contributed by atoms with Crippen molar-refractivity contribution < 1.29 is 21.2 Å². The van der Waals surface area contributed by atoms with Gasteiger partial charge in [-0.2, -0.15) is 0 Å². The second-order valence-electron chi connectivity index (χ2n) is 5.15. The average molecular weight is 350 g/mol. The number of sulfonamides is 2. The lowest BCUT2D eigenvalue weighted by Gasteiger charge is -2.31. The lowest BCUT2D eigenvalue weighted by molar-refractivity contribution is 0.309. The Bertz CT molecular complexity index is 709. The second-order valence-corrected chi connectivity index (χ2v) is 9.12. The summed E-state index contributed by atoms with van der Waals surface area (Å²) in [4.78, 5) is -0.00231. The van der Waals surface area contributed by atoms with Gasteiger partial charge in [0.2, 0.25) is 20.0 Å². The first-order chi connectivity index (χ1) is 10.2. The molecule has 1 aromatic carbocycles. The van der Waals surface area contributed by atoms with E-state index in [1.165, 1.54) is 16.4 Å². The maximum atomic E-state index is 12.8. The molecule has 0 amide bonds. The van der Waals surface area contributed by atoms with E-state index in [9.17, 15) is 21.2 Å². The number of nitrogens with zero attached hydrogens (tertiary/aromatic N) is 1. The Morgan fingerprint density at radius 3 is 2.18 bits per heavy atom. The fourth-order valence-corrected chi connectivity index (χ4v) is 4.77. The maximum absolute atomic E-state index is 12.8. The van der Waals surface area contributed by atoms with Crippen LogP contribution in [-0.2, 0) is 20.0 Å². The van der Waals surface area contributed by atoms with Crippen molar-refractivity contribution in [2.45, 2.75) is 30.7 Å². The van der Waals surface area contributed by atoms with Crippen molar-refractivity contribution >= 4 is 20.0 Å². The molecule has 1 N–H and O–H groups in total. The fourth-order valence-electron chi connectivity index (χ4n) is 2.34. The van der Waals surface area contributed by atoms with E-state index < -0.39 is 25.9 Å². The average Bonchev–Trinajstić information content (AvgIpc) is 2.48. The van der Waals surface area contributed by atoms with Gasteiger partial charge in [-0.05, 0) is 44.0 Å². The van der Waals surface area contributed by atoms with Gasteiger partial charge in [0.15, 0.2) is 0 Å². The van der Waals surface area contributed by atoms with Gasteiger partial charge in [-0.25, -0.2) is 30.3 Å². The molecule has 1 aromatic rings. The highest BCUT2D eigenvalue weighted by Gasteiger charge is 2.29. The summed E-state index contributed by atoms with van der Waals surface area (Å²) in [5, 5.41) is 0. The largest absolute Gasteiger partial charge is 0.240 e. The third kappa shape index (κ3) is 4.03. The number of hydrogen-bond donors (Lipinski definition) is 1. The monoisotopic (exact) mass is 350 g/mol. The number of hydrogen-bond acceptors (Lipinski definition) is 4. The topological polar surface area (TPSA) is 83.6 Å². The van der Waals surface area contributed by atoms with Gasteiger partial charge < -0.3 is 0 Å². The number of halogens is 1. The lowest BCUT2D eigenvalue weighted by atomic mass is 10.1. The summed E-state index contributed by atoms with van der Waals surface area (Å²) in [7, 11) is -6.95. The molecule has 0 aliphatic carbocycles. The number of rotatable bonds is 5. The Morgan fingerprint density at radius 2 is 1.68 bits per heavy atom. The fraction of sp³-hybridized carbons (Fsp3) is 0.538. The molecule has 0 unspecified atom stereocenters. The zero-order chi connectivity index (χ0) is 16.4. The van der Waals surface area contributed by atoms with E-state index in [4.69, 9.17) is 0 Å². The van der Waals surface area contributed by atoms with Crippen LogP contribution in [0.2, 0.25) is 0 Å². The van der Waals surface area contributed by atoms with E-state index in [-0.39, 0.29) is 16.7 Å². The highest BCUT2D eigenvalue weighted by molar-refractivity contribution is 7.89. The molecule has 1 saturated heterocycles. The quantitative estimate of drug-likeness (QED) is 0.856. The van der Waals surface area contributed by atoms with Gasteiger partial charge in [0, 0.05) is 19.1 Å². The third-order valence-corrected chi connectivity index (χ3v) is 7.08. The van der Waals surface area contributed by atoms with Crippen LogP contribution in [0.25, 0.3) is 0 Å². The molecule has 9 heteroatoms. The van der Waals surface area contributed by atoms with Crippen LogP contribution in [0.15, 0.2) is 29.2 Å². The van der Waals surface area contributed by atoms with E-state index >= 15 is 0 Å².